The fourth-order valence-corrected chi connectivity index (χ4v) is 3.24. The van der Waals surface area contributed by atoms with Gasteiger partial charge in [0.05, 0.1) is 17.1 Å². The Morgan fingerprint density at radius 3 is 2.60 bits per heavy atom. The molecule has 0 saturated carbocycles. The fraction of sp³-hybridized carbons (Fsp3) is 0.400. The van der Waals surface area contributed by atoms with E-state index in [9.17, 15) is 14.4 Å². The third-order valence-corrected chi connectivity index (χ3v) is 4.79. The summed E-state index contributed by atoms with van der Waals surface area (Å²) < 4.78 is 0. The van der Waals surface area contributed by atoms with Gasteiger partial charge in [-0.1, -0.05) is 13.8 Å². The molecule has 0 bridgehead atoms. The standard InChI is InChI=1S/C15H18N4O4S2/c1-8(2)13(21)19-15-17-9(6-25-15)5-11(20)16-4-3-12-18-10(7-24-12)14(22)23/h6-8H,3-5H2,1-2H3,(H,16,20)(H,22,23)(H,17,19,21). The van der Waals surface area contributed by atoms with Crippen LogP contribution in [0.3, 0.4) is 0 Å². The summed E-state index contributed by atoms with van der Waals surface area (Å²) in [6.45, 7) is 3.95. The highest BCUT2D eigenvalue weighted by Crippen LogP contribution is 2.16. The summed E-state index contributed by atoms with van der Waals surface area (Å²) in [7, 11) is 0. The number of carbonyl (C=O) groups is 3. The molecule has 10 heteroatoms. The van der Waals surface area contributed by atoms with Crippen LogP contribution in [0.15, 0.2) is 10.8 Å². The van der Waals surface area contributed by atoms with E-state index >= 15 is 0 Å². The molecule has 0 fully saturated rings. The Balaban J connectivity index is 1.75. The second-order valence-electron chi connectivity index (χ2n) is 5.50. The number of anilines is 1. The largest absolute Gasteiger partial charge is 0.476 e. The second kappa shape index (κ2) is 8.67. The van der Waals surface area contributed by atoms with Gasteiger partial charge in [-0.2, -0.15) is 0 Å². The van der Waals surface area contributed by atoms with Gasteiger partial charge in [-0.05, 0) is 0 Å². The minimum atomic E-state index is -1.06. The van der Waals surface area contributed by atoms with Crippen molar-refractivity contribution in [1.82, 2.24) is 15.3 Å². The number of nitrogens with one attached hydrogen (secondary N) is 2. The van der Waals surface area contributed by atoms with Gasteiger partial charge in [-0.3, -0.25) is 9.59 Å². The molecule has 2 heterocycles. The Morgan fingerprint density at radius 1 is 1.20 bits per heavy atom. The average molecular weight is 382 g/mol. The first kappa shape index (κ1) is 19.0. The lowest BCUT2D eigenvalue weighted by atomic mass is 10.2. The predicted molar refractivity (Wildman–Crippen MR) is 95.1 cm³/mol. The molecule has 2 amide bonds. The number of aromatic nitrogens is 2. The number of aromatic carboxylic acids is 1. The number of carboxylic acids is 1. The Kier molecular flexibility index (Phi) is 6.59. The van der Waals surface area contributed by atoms with E-state index in [1.54, 1.807) is 19.2 Å². The van der Waals surface area contributed by atoms with Gasteiger partial charge in [0, 0.05) is 29.6 Å². The quantitative estimate of drug-likeness (QED) is 0.640. The van der Waals surface area contributed by atoms with Gasteiger partial charge < -0.3 is 15.7 Å². The van der Waals surface area contributed by atoms with Gasteiger partial charge in [0.1, 0.15) is 0 Å². The van der Waals surface area contributed by atoms with Crippen molar-refractivity contribution in [2.75, 3.05) is 11.9 Å². The normalized spacial score (nSPS) is 10.7. The molecule has 3 N–H and O–H groups in total. The highest BCUT2D eigenvalue weighted by Gasteiger charge is 2.12. The number of hydrogen-bond acceptors (Lipinski definition) is 7. The molecule has 0 atom stereocenters. The molecule has 0 aliphatic carbocycles. The molecular weight excluding hydrogens is 364 g/mol. The summed E-state index contributed by atoms with van der Waals surface area (Å²) in [6.07, 6.45) is 0.586. The summed E-state index contributed by atoms with van der Waals surface area (Å²) in [5.41, 5.74) is 0.605. The summed E-state index contributed by atoms with van der Waals surface area (Å²) in [4.78, 5) is 42.4. The molecule has 25 heavy (non-hydrogen) atoms. The van der Waals surface area contributed by atoms with Crippen molar-refractivity contribution in [3.8, 4) is 0 Å². The molecular formula is C15H18N4O4S2. The van der Waals surface area contributed by atoms with Crippen LogP contribution in [0.5, 0.6) is 0 Å². The van der Waals surface area contributed by atoms with E-state index in [4.69, 9.17) is 5.11 Å². The molecule has 0 radical (unpaired) electrons. The number of nitrogens with zero attached hydrogens (tertiary/aromatic N) is 2. The first-order chi connectivity index (χ1) is 11.8. The van der Waals surface area contributed by atoms with E-state index < -0.39 is 5.97 Å². The molecule has 0 aliphatic rings. The molecule has 0 unspecified atom stereocenters. The molecule has 0 spiro atoms. The van der Waals surface area contributed by atoms with Crippen LogP contribution < -0.4 is 10.6 Å². The van der Waals surface area contributed by atoms with Crippen molar-refractivity contribution in [1.29, 1.82) is 0 Å². The van der Waals surface area contributed by atoms with Crippen LogP contribution in [0.4, 0.5) is 5.13 Å². The number of amides is 2. The maximum atomic E-state index is 11.9. The zero-order valence-corrected chi connectivity index (χ0v) is 15.4. The van der Waals surface area contributed by atoms with Crippen molar-refractivity contribution >= 4 is 45.6 Å². The molecule has 0 aromatic carbocycles. The van der Waals surface area contributed by atoms with Crippen LogP contribution >= 0.6 is 22.7 Å². The van der Waals surface area contributed by atoms with E-state index in [1.165, 1.54) is 28.1 Å². The summed E-state index contributed by atoms with van der Waals surface area (Å²) in [6, 6.07) is 0. The van der Waals surface area contributed by atoms with Crippen LogP contribution in [0.1, 0.15) is 35.0 Å². The lowest BCUT2D eigenvalue weighted by Crippen LogP contribution is -2.27. The van der Waals surface area contributed by atoms with Gasteiger partial charge >= 0.3 is 5.97 Å². The summed E-state index contributed by atoms with van der Waals surface area (Å²) in [5, 5.41) is 18.6. The smallest absolute Gasteiger partial charge is 0.355 e. The van der Waals surface area contributed by atoms with Gasteiger partial charge in [0.25, 0.3) is 0 Å². The molecule has 0 saturated heterocycles. The minimum Gasteiger partial charge on any atom is -0.476 e. The first-order valence-corrected chi connectivity index (χ1v) is 9.30. The Morgan fingerprint density at radius 2 is 1.96 bits per heavy atom. The molecule has 2 aromatic heterocycles. The molecule has 8 nitrogen and oxygen atoms in total. The number of carbonyl (C=O) groups excluding carboxylic acids is 2. The SMILES string of the molecule is CC(C)C(=O)Nc1nc(CC(=O)NCCc2nc(C(=O)O)cs2)cs1. The summed E-state index contributed by atoms with van der Waals surface area (Å²) >= 11 is 2.53. The van der Waals surface area contributed by atoms with Crippen molar-refractivity contribution in [2.45, 2.75) is 26.7 Å². The molecule has 2 aromatic rings. The maximum Gasteiger partial charge on any atom is 0.355 e. The zero-order valence-electron chi connectivity index (χ0n) is 13.7. The zero-order chi connectivity index (χ0) is 18.4. The predicted octanol–water partition coefficient (Wildman–Crippen LogP) is 1.79. The molecule has 0 aliphatic heterocycles. The number of hydrogen-bond donors (Lipinski definition) is 3. The fourth-order valence-electron chi connectivity index (χ4n) is 1.76. The molecule has 134 valence electrons. The second-order valence-corrected chi connectivity index (χ2v) is 7.30. The Bertz CT molecular complexity index is 769. The number of carboxylic acid groups (broad SMARTS) is 1. The van der Waals surface area contributed by atoms with Crippen LogP contribution in [0, 0.1) is 5.92 Å². The van der Waals surface area contributed by atoms with Crippen LogP contribution in [-0.4, -0.2) is 39.4 Å². The van der Waals surface area contributed by atoms with Crippen LogP contribution in [0.2, 0.25) is 0 Å². The van der Waals surface area contributed by atoms with E-state index in [1.807, 2.05) is 0 Å². The maximum absolute atomic E-state index is 11.9. The lowest BCUT2D eigenvalue weighted by molar-refractivity contribution is -0.120. The van der Waals surface area contributed by atoms with Crippen molar-refractivity contribution < 1.29 is 19.5 Å². The first-order valence-electron chi connectivity index (χ1n) is 7.54. The van der Waals surface area contributed by atoms with Gasteiger partial charge in [-0.15, -0.1) is 22.7 Å². The minimum absolute atomic E-state index is 0.0183. The topological polar surface area (TPSA) is 121 Å². The third-order valence-electron chi connectivity index (χ3n) is 3.08. The number of rotatable bonds is 8. The van der Waals surface area contributed by atoms with E-state index in [0.29, 0.717) is 28.8 Å². The van der Waals surface area contributed by atoms with Crippen LogP contribution in [0.25, 0.3) is 0 Å². The van der Waals surface area contributed by atoms with E-state index in [2.05, 4.69) is 20.6 Å². The summed E-state index contributed by atoms with van der Waals surface area (Å²) in [5.74, 6) is -1.50. The molecule has 2 rings (SSSR count). The Labute approximate surface area is 152 Å². The Hall–Kier alpha value is -2.33. The van der Waals surface area contributed by atoms with Crippen molar-refractivity contribution in [2.24, 2.45) is 5.92 Å². The van der Waals surface area contributed by atoms with Gasteiger partial charge in [0.2, 0.25) is 11.8 Å². The third kappa shape index (κ3) is 5.91. The van der Waals surface area contributed by atoms with E-state index in [0.717, 1.165) is 0 Å². The number of thiazole rings is 2. The average Bonchev–Trinajstić information content (AvgIpc) is 3.17. The lowest BCUT2D eigenvalue weighted by Gasteiger charge is -2.03. The highest BCUT2D eigenvalue weighted by molar-refractivity contribution is 7.14. The monoisotopic (exact) mass is 382 g/mol. The van der Waals surface area contributed by atoms with Crippen LogP contribution in [-0.2, 0) is 22.4 Å². The van der Waals surface area contributed by atoms with Gasteiger partial charge in [0.15, 0.2) is 10.8 Å². The van der Waals surface area contributed by atoms with E-state index in [-0.39, 0.29) is 29.8 Å². The van der Waals surface area contributed by atoms with Crippen molar-refractivity contribution in [3.63, 3.8) is 0 Å². The van der Waals surface area contributed by atoms with Crippen molar-refractivity contribution in [3.05, 3.63) is 27.2 Å². The highest BCUT2D eigenvalue weighted by atomic mass is 32.1. The van der Waals surface area contributed by atoms with Gasteiger partial charge in [-0.25, -0.2) is 14.8 Å².